The minimum atomic E-state index is -0.660. The smallest absolute Gasteiger partial charge is 0.343 e. The van der Waals surface area contributed by atoms with Gasteiger partial charge in [0.15, 0.2) is 0 Å². The van der Waals surface area contributed by atoms with E-state index in [1.807, 2.05) is 60.7 Å². The molecule has 4 aromatic rings. The van der Waals surface area contributed by atoms with Crippen molar-refractivity contribution in [1.29, 1.82) is 0 Å². The molecular weight excluding hydrogens is 512 g/mol. The van der Waals surface area contributed by atoms with Crippen LogP contribution in [0.2, 0.25) is 0 Å². The van der Waals surface area contributed by atoms with Crippen molar-refractivity contribution in [2.24, 2.45) is 5.10 Å². The Labute approximate surface area is 229 Å². The monoisotopic (exact) mass is 536 g/mol. The predicted octanol–water partition coefficient (Wildman–Crippen LogP) is 4.21. The van der Waals surface area contributed by atoms with Crippen LogP contribution in [0.4, 0.5) is 5.69 Å². The standard InChI is InChI=1S/C30H24N4O6/c35-27(20-31-29(36)28(22-7-3-1-4-8-22)23-9-5-2-6-10-23)33-32-19-21-11-17-26(18-12-21)40-30(37)24-13-15-25(16-14-24)34(38)39/h1-19,28H,20H2,(H,31,36)(H,33,35). The molecular formula is C30H24N4O6. The molecule has 0 aromatic heterocycles. The summed E-state index contributed by atoms with van der Waals surface area (Å²) in [6.07, 6.45) is 1.40. The summed E-state index contributed by atoms with van der Waals surface area (Å²) in [6, 6.07) is 30.0. The van der Waals surface area contributed by atoms with Crippen LogP contribution in [0.3, 0.4) is 0 Å². The molecule has 0 radical (unpaired) electrons. The lowest BCUT2D eigenvalue weighted by Crippen LogP contribution is -2.37. The van der Waals surface area contributed by atoms with Gasteiger partial charge in [0.1, 0.15) is 5.75 Å². The maximum absolute atomic E-state index is 13.0. The van der Waals surface area contributed by atoms with Crippen molar-refractivity contribution in [3.05, 3.63) is 142 Å². The van der Waals surface area contributed by atoms with E-state index in [-0.39, 0.29) is 29.5 Å². The van der Waals surface area contributed by atoms with Gasteiger partial charge in [-0.05, 0) is 53.1 Å². The van der Waals surface area contributed by atoms with Crippen LogP contribution >= 0.6 is 0 Å². The number of hydrogen-bond acceptors (Lipinski definition) is 7. The van der Waals surface area contributed by atoms with Crippen molar-refractivity contribution in [2.45, 2.75) is 5.92 Å². The number of benzene rings is 4. The van der Waals surface area contributed by atoms with E-state index >= 15 is 0 Å². The summed E-state index contributed by atoms with van der Waals surface area (Å²) in [5, 5.41) is 17.3. The lowest BCUT2D eigenvalue weighted by molar-refractivity contribution is -0.384. The number of rotatable bonds is 10. The fraction of sp³-hybridized carbons (Fsp3) is 0.0667. The van der Waals surface area contributed by atoms with Gasteiger partial charge in [-0.25, -0.2) is 10.2 Å². The molecule has 0 aliphatic rings. The molecule has 0 atom stereocenters. The molecule has 2 N–H and O–H groups in total. The van der Waals surface area contributed by atoms with E-state index in [1.165, 1.54) is 30.5 Å². The van der Waals surface area contributed by atoms with Gasteiger partial charge in [-0.2, -0.15) is 5.10 Å². The molecule has 0 aliphatic carbocycles. The minimum absolute atomic E-state index is 0.127. The quantitative estimate of drug-likeness (QED) is 0.102. The molecule has 0 saturated carbocycles. The number of nitrogens with zero attached hydrogens (tertiary/aromatic N) is 2. The molecule has 40 heavy (non-hydrogen) atoms. The third kappa shape index (κ3) is 7.45. The average molecular weight is 537 g/mol. The molecule has 200 valence electrons. The number of non-ortho nitro benzene ring substituents is 1. The normalized spacial score (nSPS) is 10.7. The number of hydrazone groups is 1. The number of esters is 1. The van der Waals surface area contributed by atoms with E-state index in [9.17, 15) is 24.5 Å². The van der Waals surface area contributed by atoms with Gasteiger partial charge in [-0.1, -0.05) is 60.7 Å². The highest BCUT2D eigenvalue weighted by atomic mass is 16.6. The molecule has 2 amide bonds. The van der Waals surface area contributed by atoms with Crippen molar-refractivity contribution in [3.8, 4) is 5.75 Å². The molecule has 0 bridgehead atoms. The first-order chi connectivity index (χ1) is 19.4. The molecule has 0 fully saturated rings. The van der Waals surface area contributed by atoms with Crippen LogP contribution in [0, 0.1) is 10.1 Å². The van der Waals surface area contributed by atoms with Gasteiger partial charge < -0.3 is 10.1 Å². The second-order valence-corrected chi connectivity index (χ2v) is 8.53. The predicted molar refractivity (Wildman–Crippen MR) is 148 cm³/mol. The van der Waals surface area contributed by atoms with Crippen LogP contribution in [-0.4, -0.2) is 35.5 Å². The van der Waals surface area contributed by atoms with Crippen molar-refractivity contribution >= 4 is 29.7 Å². The van der Waals surface area contributed by atoms with Crippen LogP contribution in [0.25, 0.3) is 0 Å². The van der Waals surface area contributed by atoms with Crippen molar-refractivity contribution in [2.75, 3.05) is 6.54 Å². The molecule has 4 aromatic carbocycles. The number of nitro groups is 1. The Balaban J connectivity index is 1.27. The SMILES string of the molecule is O=C(CNC(=O)C(c1ccccc1)c1ccccc1)NN=Cc1ccc(OC(=O)c2ccc([N+](=O)[O-])cc2)cc1. The fourth-order valence-electron chi connectivity index (χ4n) is 3.78. The zero-order chi connectivity index (χ0) is 28.3. The first-order valence-electron chi connectivity index (χ1n) is 12.2. The van der Waals surface area contributed by atoms with Gasteiger partial charge in [0.25, 0.3) is 11.6 Å². The molecule has 0 unspecified atom stereocenters. The number of ether oxygens (including phenoxy) is 1. The van der Waals surface area contributed by atoms with E-state index in [0.29, 0.717) is 5.56 Å². The highest BCUT2D eigenvalue weighted by Crippen LogP contribution is 2.24. The molecule has 0 spiro atoms. The Morgan fingerprint density at radius 2 is 1.40 bits per heavy atom. The fourth-order valence-corrected chi connectivity index (χ4v) is 3.78. The Kier molecular flexibility index (Phi) is 9.07. The highest BCUT2D eigenvalue weighted by Gasteiger charge is 2.22. The van der Waals surface area contributed by atoms with Gasteiger partial charge in [0.2, 0.25) is 5.91 Å². The Morgan fingerprint density at radius 3 is 1.95 bits per heavy atom. The average Bonchev–Trinajstić information content (AvgIpc) is 2.98. The topological polar surface area (TPSA) is 140 Å². The number of amides is 2. The molecule has 0 aliphatic heterocycles. The van der Waals surface area contributed by atoms with Crippen molar-refractivity contribution < 1.29 is 24.0 Å². The Bertz CT molecular complexity index is 1470. The van der Waals surface area contributed by atoms with Crippen LogP contribution < -0.4 is 15.5 Å². The lowest BCUT2D eigenvalue weighted by atomic mass is 9.90. The van der Waals surface area contributed by atoms with Gasteiger partial charge in [0.05, 0.1) is 29.2 Å². The molecule has 10 nitrogen and oxygen atoms in total. The van der Waals surface area contributed by atoms with E-state index in [1.54, 1.807) is 24.3 Å². The summed E-state index contributed by atoms with van der Waals surface area (Å²) >= 11 is 0. The zero-order valence-corrected chi connectivity index (χ0v) is 21.1. The van der Waals surface area contributed by atoms with Crippen molar-refractivity contribution in [1.82, 2.24) is 10.7 Å². The molecule has 10 heteroatoms. The first-order valence-corrected chi connectivity index (χ1v) is 12.2. The van der Waals surface area contributed by atoms with Gasteiger partial charge in [-0.15, -0.1) is 0 Å². The van der Waals surface area contributed by atoms with E-state index in [4.69, 9.17) is 4.74 Å². The van der Waals surface area contributed by atoms with E-state index in [0.717, 1.165) is 11.1 Å². The summed E-state index contributed by atoms with van der Waals surface area (Å²) in [4.78, 5) is 47.7. The van der Waals surface area contributed by atoms with Gasteiger partial charge in [-0.3, -0.25) is 19.7 Å². The largest absolute Gasteiger partial charge is 0.423 e. The third-order valence-electron chi connectivity index (χ3n) is 5.76. The van der Waals surface area contributed by atoms with E-state index in [2.05, 4.69) is 15.8 Å². The number of nitrogens with one attached hydrogen (secondary N) is 2. The Hall–Kier alpha value is -5.64. The summed E-state index contributed by atoms with van der Waals surface area (Å²) in [5.74, 6) is -1.77. The maximum Gasteiger partial charge on any atom is 0.343 e. The van der Waals surface area contributed by atoms with Crippen molar-refractivity contribution in [3.63, 3.8) is 0 Å². The lowest BCUT2D eigenvalue weighted by Gasteiger charge is -2.17. The second-order valence-electron chi connectivity index (χ2n) is 8.53. The van der Waals surface area contributed by atoms with Crippen LogP contribution in [-0.2, 0) is 9.59 Å². The highest BCUT2D eigenvalue weighted by molar-refractivity contribution is 5.92. The maximum atomic E-state index is 13.0. The summed E-state index contributed by atoms with van der Waals surface area (Å²) in [7, 11) is 0. The second kappa shape index (κ2) is 13.2. The molecule has 0 saturated heterocycles. The number of carbonyl (C=O) groups is 3. The number of hydrogen-bond donors (Lipinski definition) is 2. The Morgan fingerprint density at radius 1 is 0.825 bits per heavy atom. The summed E-state index contributed by atoms with van der Waals surface area (Å²) < 4.78 is 5.27. The molecule has 4 rings (SSSR count). The first kappa shape index (κ1) is 27.4. The van der Waals surface area contributed by atoms with Crippen LogP contribution in [0.5, 0.6) is 5.75 Å². The van der Waals surface area contributed by atoms with Gasteiger partial charge in [0, 0.05) is 12.1 Å². The number of carbonyl (C=O) groups excluding carboxylic acids is 3. The van der Waals surface area contributed by atoms with Gasteiger partial charge >= 0.3 is 5.97 Å². The molecule has 0 heterocycles. The number of nitro benzene ring substituents is 1. The third-order valence-corrected chi connectivity index (χ3v) is 5.76. The zero-order valence-electron chi connectivity index (χ0n) is 21.1. The summed E-state index contributed by atoms with van der Waals surface area (Å²) in [5.41, 5.74) is 4.65. The van der Waals surface area contributed by atoms with E-state index < -0.39 is 22.7 Å². The summed E-state index contributed by atoms with van der Waals surface area (Å²) in [6.45, 7) is -0.260. The van der Waals surface area contributed by atoms with Crippen LogP contribution in [0.15, 0.2) is 114 Å². The minimum Gasteiger partial charge on any atom is -0.423 e. The van der Waals surface area contributed by atoms with Crippen LogP contribution in [0.1, 0.15) is 33.0 Å².